The van der Waals surface area contributed by atoms with Gasteiger partial charge in [0.05, 0.1) is 17.0 Å². The normalized spacial score (nSPS) is 14.6. The number of anilines is 1. The zero-order valence-corrected chi connectivity index (χ0v) is 17.9. The van der Waals surface area contributed by atoms with Crippen LogP contribution in [0.5, 0.6) is 0 Å². The largest absolute Gasteiger partial charge is 0.306 e. The third kappa shape index (κ3) is 4.46. The van der Waals surface area contributed by atoms with Crippen molar-refractivity contribution in [1.29, 1.82) is 0 Å². The van der Waals surface area contributed by atoms with Gasteiger partial charge in [0, 0.05) is 27.1 Å². The number of carbonyl (C=O) groups excluding carboxylic acids is 2. The molecule has 0 fully saturated rings. The lowest BCUT2D eigenvalue weighted by Gasteiger charge is -2.14. The molecule has 0 bridgehead atoms. The Hall–Kier alpha value is -2.77. The Kier molecular flexibility index (Phi) is 5.47. The third-order valence-corrected chi connectivity index (χ3v) is 4.63. The Morgan fingerprint density at radius 1 is 1.10 bits per heavy atom. The second kappa shape index (κ2) is 7.57. The number of hydrogen-bond donors (Lipinski definition) is 1. The molecule has 0 spiro atoms. The van der Waals surface area contributed by atoms with E-state index in [1.54, 1.807) is 13.0 Å². The quantitative estimate of drug-likeness (QED) is 0.709. The molecule has 1 aromatic carbocycles. The standard InChI is InChI=1S/C20H19Cl2N5O2/c1-10-11(2)23-19(25-17(10)28)27-16(9-15(26-27)20(3,4)5)24-18(29)12-6-13(21)8-14(22)7-12/h6-9H,1H2,2-5H3,(H,24,29). The molecule has 0 radical (unpaired) electrons. The van der Waals surface area contributed by atoms with Gasteiger partial charge in [0.15, 0.2) is 0 Å². The van der Waals surface area contributed by atoms with Crippen LogP contribution in [0.2, 0.25) is 10.0 Å². The van der Waals surface area contributed by atoms with E-state index in [0.29, 0.717) is 27.3 Å². The first-order valence-electron chi connectivity index (χ1n) is 8.71. The van der Waals surface area contributed by atoms with Gasteiger partial charge in [-0.1, -0.05) is 50.6 Å². The van der Waals surface area contributed by atoms with Gasteiger partial charge in [0.1, 0.15) is 5.82 Å². The molecule has 29 heavy (non-hydrogen) atoms. The second-order valence-electron chi connectivity index (χ2n) is 7.58. The SMILES string of the molecule is C=C1C(=O)N=C(n2nc(C(C)(C)C)cc2NC(=O)c2cc(Cl)cc(Cl)c2)N=C1C. The van der Waals surface area contributed by atoms with E-state index in [-0.39, 0.29) is 22.5 Å². The molecule has 0 atom stereocenters. The summed E-state index contributed by atoms with van der Waals surface area (Å²) in [5.74, 6) is -0.579. The first-order chi connectivity index (χ1) is 13.5. The van der Waals surface area contributed by atoms with Crippen molar-refractivity contribution in [3.05, 3.63) is 57.7 Å². The van der Waals surface area contributed by atoms with E-state index in [1.807, 2.05) is 20.8 Å². The molecule has 2 aromatic rings. The van der Waals surface area contributed by atoms with Gasteiger partial charge in [-0.25, -0.2) is 4.99 Å². The van der Waals surface area contributed by atoms with E-state index in [1.165, 1.54) is 22.9 Å². The Morgan fingerprint density at radius 3 is 2.28 bits per heavy atom. The van der Waals surface area contributed by atoms with Crippen molar-refractivity contribution in [3.8, 4) is 0 Å². The Bertz CT molecular complexity index is 1090. The monoisotopic (exact) mass is 431 g/mol. The number of nitrogens with zero attached hydrogens (tertiary/aromatic N) is 4. The number of amides is 2. The van der Waals surface area contributed by atoms with Crippen molar-refractivity contribution in [3.63, 3.8) is 0 Å². The van der Waals surface area contributed by atoms with E-state index in [0.717, 1.165) is 0 Å². The fourth-order valence-electron chi connectivity index (χ4n) is 2.51. The van der Waals surface area contributed by atoms with E-state index < -0.39 is 11.8 Å². The summed E-state index contributed by atoms with van der Waals surface area (Å²) in [6, 6.07) is 6.25. The van der Waals surface area contributed by atoms with Crippen LogP contribution < -0.4 is 5.32 Å². The highest BCUT2D eigenvalue weighted by molar-refractivity contribution is 6.35. The van der Waals surface area contributed by atoms with Gasteiger partial charge in [-0.3, -0.25) is 9.59 Å². The summed E-state index contributed by atoms with van der Waals surface area (Å²) in [5, 5.41) is 7.96. The van der Waals surface area contributed by atoms with Crippen LogP contribution in [0.4, 0.5) is 5.82 Å². The highest BCUT2D eigenvalue weighted by Crippen LogP contribution is 2.26. The molecule has 0 unspecified atom stereocenters. The van der Waals surface area contributed by atoms with Crippen LogP contribution in [-0.4, -0.2) is 33.3 Å². The molecule has 1 N–H and O–H groups in total. The van der Waals surface area contributed by atoms with E-state index >= 15 is 0 Å². The average Bonchev–Trinajstić information content (AvgIpc) is 3.02. The lowest BCUT2D eigenvalue weighted by Crippen LogP contribution is -2.25. The number of benzene rings is 1. The predicted molar refractivity (Wildman–Crippen MR) is 115 cm³/mol. The number of halogens is 2. The van der Waals surface area contributed by atoms with Crippen molar-refractivity contribution in [2.24, 2.45) is 9.98 Å². The minimum Gasteiger partial charge on any atom is -0.306 e. The average molecular weight is 432 g/mol. The summed E-state index contributed by atoms with van der Waals surface area (Å²) in [6.45, 7) is 11.3. The van der Waals surface area contributed by atoms with Crippen LogP contribution in [-0.2, 0) is 10.2 Å². The first-order valence-corrected chi connectivity index (χ1v) is 9.47. The molecular formula is C20H19Cl2N5O2. The topological polar surface area (TPSA) is 88.7 Å². The van der Waals surface area contributed by atoms with E-state index in [9.17, 15) is 9.59 Å². The van der Waals surface area contributed by atoms with E-state index in [4.69, 9.17) is 23.2 Å². The molecular weight excluding hydrogens is 413 g/mol. The zero-order valence-electron chi connectivity index (χ0n) is 16.4. The fourth-order valence-corrected chi connectivity index (χ4v) is 3.04. The zero-order chi connectivity index (χ0) is 21.5. The summed E-state index contributed by atoms with van der Waals surface area (Å²) in [6.07, 6.45) is 0. The minimum absolute atomic E-state index is 0.0508. The van der Waals surface area contributed by atoms with Crippen LogP contribution in [0.15, 0.2) is 46.4 Å². The second-order valence-corrected chi connectivity index (χ2v) is 8.45. The Labute approximate surface area is 178 Å². The maximum atomic E-state index is 12.8. The number of nitrogens with one attached hydrogen (secondary N) is 1. The van der Waals surface area contributed by atoms with Crippen molar-refractivity contribution < 1.29 is 9.59 Å². The maximum Gasteiger partial charge on any atom is 0.281 e. The number of aromatic nitrogens is 2. The van der Waals surface area contributed by atoms with Crippen LogP contribution in [0, 0.1) is 0 Å². The summed E-state index contributed by atoms with van der Waals surface area (Å²) in [5.41, 5.74) is 1.31. The van der Waals surface area contributed by atoms with Crippen LogP contribution in [0.1, 0.15) is 43.7 Å². The number of carbonyl (C=O) groups is 2. The molecule has 150 valence electrons. The smallest absolute Gasteiger partial charge is 0.281 e. The number of hydrogen-bond acceptors (Lipinski definition) is 4. The third-order valence-electron chi connectivity index (χ3n) is 4.20. The molecule has 9 heteroatoms. The summed E-state index contributed by atoms with van der Waals surface area (Å²) >= 11 is 12.0. The van der Waals surface area contributed by atoms with Crippen LogP contribution in [0.3, 0.4) is 0 Å². The molecule has 3 rings (SSSR count). The van der Waals surface area contributed by atoms with Gasteiger partial charge in [-0.05, 0) is 25.1 Å². The molecule has 0 saturated carbocycles. The summed E-state index contributed by atoms with van der Waals surface area (Å²) < 4.78 is 1.33. The van der Waals surface area contributed by atoms with Gasteiger partial charge >= 0.3 is 0 Å². The van der Waals surface area contributed by atoms with Crippen LogP contribution in [0.25, 0.3) is 0 Å². The lowest BCUT2D eigenvalue weighted by molar-refractivity contribution is -0.113. The predicted octanol–water partition coefficient (Wildman–Crippen LogP) is 4.50. The Morgan fingerprint density at radius 2 is 1.72 bits per heavy atom. The molecule has 0 aliphatic carbocycles. The van der Waals surface area contributed by atoms with Gasteiger partial charge in [0.25, 0.3) is 17.8 Å². The summed E-state index contributed by atoms with van der Waals surface area (Å²) in [4.78, 5) is 33.1. The van der Waals surface area contributed by atoms with E-state index in [2.05, 4.69) is 27.0 Å². The molecule has 0 saturated heterocycles. The molecule has 1 aliphatic heterocycles. The van der Waals surface area contributed by atoms with Crippen molar-refractivity contribution in [2.75, 3.05) is 5.32 Å². The molecule has 2 heterocycles. The molecule has 2 amide bonds. The van der Waals surface area contributed by atoms with Crippen LogP contribution >= 0.6 is 23.2 Å². The van der Waals surface area contributed by atoms with Crippen molar-refractivity contribution >= 4 is 52.5 Å². The van der Waals surface area contributed by atoms with Crippen molar-refractivity contribution in [2.45, 2.75) is 33.1 Å². The molecule has 7 nitrogen and oxygen atoms in total. The minimum atomic E-state index is -0.501. The van der Waals surface area contributed by atoms with Crippen molar-refractivity contribution in [1.82, 2.24) is 9.78 Å². The number of rotatable bonds is 2. The molecule has 1 aromatic heterocycles. The van der Waals surface area contributed by atoms with Gasteiger partial charge in [0.2, 0.25) is 0 Å². The van der Waals surface area contributed by atoms with Gasteiger partial charge in [-0.15, -0.1) is 0 Å². The van der Waals surface area contributed by atoms with Gasteiger partial charge in [-0.2, -0.15) is 14.8 Å². The first kappa shape index (κ1) is 21.0. The summed E-state index contributed by atoms with van der Waals surface area (Å²) in [7, 11) is 0. The maximum absolute atomic E-state index is 12.8. The fraction of sp³-hybridized carbons (Fsp3) is 0.250. The molecule has 1 aliphatic rings. The highest BCUT2D eigenvalue weighted by Gasteiger charge is 2.26. The number of aliphatic imine (C=N–C) groups is 2. The Balaban J connectivity index is 2.05. The van der Waals surface area contributed by atoms with Gasteiger partial charge < -0.3 is 5.32 Å². The highest BCUT2D eigenvalue weighted by atomic mass is 35.5. The lowest BCUT2D eigenvalue weighted by atomic mass is 9.92.